The van der Waals surface area contributed by atoms with Crippen molar-refractivity contribution in [1.29, 1.82) is 0 Å². The zero-order valence-electron chi connectivity index (χ0n) is 11.1. The molecular weight excluding hydrogens is 246 g/mol. The van der Waals surface area contributed by atoms with Crippen LogP contribution >= 0.6 is 0 Å². The Bertz CT molecular complexity index is 445. The second-order valence-electron chi connectivity index (χ2n) is 4.81. The Labute approximate surface area is 112 Å². The minimum Gasteiger partial charge on any atom is -0.480 e. The predicted molar refractivity (Wildman–Crippen MR) is 70.3 cm³/mol. The molecule has 104 valence electrons. The monoisotopic (exact) mass is 265 g/mol. The van der Waals surface area contributed by atoms with Crippen LogP contribution in [0.25, 0.3) is 0 Å². The Balaban J connectivity index is 2.11. The molecule has 2 N–H and O–H groups in total. The second kappa shape index (κ2) is 5.86. The zero-order valence-corrected chi connectivity index (χ0v) is 11.1. The molecule has 1 aromatic heterocycles. The van der Waals surface area contributed by atoms with Crippen LogP contribution < -0.4 is 10.1 Å². The van der Waals surface area contributed by atoms with E-state index in [4.69, 9.17) is 4.74 Å². The number of rotatable bonds is 6. The SMILES string of the molecule is CCCOc1cc(NC2(C(=O)O)CCCC2)ncn1. The standard InChI is InChI=1S/C13H19N3O3/c1-2-7-19-11-8-10(14-9-15-11)16-13(12(17)18)5-3-4-6-13/h8-9H,2-7H2,1H3,(H,17,18)(H,14,15,16). The Morgan fingerprint density at radius 1 is 1.47 bits per heavy atom. The number of aromatic nitrogens is 2. The third kappa shape index (κ3) is 3.13. The van der Waals surface area contributed by atoms with Crippen molar-refractivity contribution in [2.24, 2.45) is 0 Å². The lowest BCUT2D eigenvalue weighted by molar-refractivity contribution is -0.142. The van der Waals surface area contributed by atoms with Gasteiger partial charge in [-0.15, -0.1) is 0 Å². The Morgan fingerprint density at radius 2 is 2.21 bits per heavy atom. The highest BCUT2D eigenvalue weighted by molar-refractivity contribution is 5.82. The first-order valence-electron chi connectivity index (χ1n) is 6.63. The van der Waals surface area contributed by atoms with E-state index in [1.165, 1.54) is 6.33 Å². The minimum absolute atomic E-state index is 0.470. The molecule has 6 nitrogen and oxygen atoms in total. The van der Waals surface area contributed by atoms with Gasteiger partial charge >= 0.3 is 5.97 Å². The maximum absolute atomic E-state index is 11.4. The van der Waals surface area contributed by atoms with Crippen molar-refractivity contribution in [3.63, 3.8) is 0 Å². The Kier molecular flexibility index (Phi) is 4.19. The maximum atomic E-state index is 11.4. The molecule has 1 aliphatic carbocycles. The number of ether oxygens (including phenoxy) is 1. The number of aliphatic carboxylic acids is 1. The summed E-state index contributed by atoms with van der Waals surface area (Å²) in [4.78, 5) is 19.5. The van der Waals surface area contributed by atoms with E-state index in [-0.39, 0.29) is 0 Å². The summed E-state index contributed by atoms with van der Waals surface area (Å²) in [5.41, 5.74) is -0.892. The summed E-state index contributed by atoms with van der Waals surface area (Å²) in [6.45, 7) is 2.60. The molecule has 6 heteroatoms. The average molecular weight is 265 g/mol. The molecule has 0 spiro atoms. The molecule has 0 atom stereocenters. The largest absolute Gasteiger partial charge is 0.480 e. The topological polar surface area (TPSA) is 84.3 Å². The summed E-state index contributed by atoms with van der Waals surface area (Å²) in [6, 6.07) is 1.65. The van der Waals surface area contributed by atoms with Gasteiger partial charge in [-0.1, -0.05) is 19.8 Å². The number of nitrogens with one attached hydrogen (secondary N) is 1. The molecule has 0 bridgehead atoms. The average Bonchev–Trinajstić information content (AvgIpc) is 2.87. The molecule has 0 saturated heterocycles. The fourth-order valence-corrected chi connectivity index (χ4v) is 2.31. The first-order valence-corrected chi connectivity index (χ1v) is 6.63. The second-order valence-corrected chi connectivity index (χ2v) is 4.81. The van der Waals surface area contributed by atoms with Crippen molar-refractivity contribution in [3.05, 3.63) is 12.4 Å². The summed E-state index contributed by atoms with van der Waals surface area (Å²) < 4.78 is 5.42. The molecule has 0 aromatic carbocycles. The molecule has 1 aliphatic rings. The predicted octanol–water partition coefficient (Wildman–Crippen LogP) is 2.07. The summed E-state index contributed by atoms with van der Waals surface area (Å²) in [5.74, 6) is 0.155. The van der Waals surface area contributed by atoms with Gasteiger partial charge < -0.3 is 15.2 Å². The lowest BCUT2D eigenvalue weighted by Crippen LogP contribution is -2.43. The maximum Gasteiger partial charge on any atom is 0.329 e. The van der Waals surface area contributed by atoms with Gasteiger partial charge in [0, 0.05) is 6.07 Å². The number of hydrogen-bond acceptors (Lipinski definition) is 5. The van der Waals surface area contributed by atoms with Gasteiger partial charge in [0.25, 0.3) is 0 Å². The zero-order chi connectivity index (χ0) is 13.7. The highest BCUT2D eigenvalue weighted by Crippen LogP contribution is 2.33. The third-order valence-electron chi connectivity index (χ3n) is 3.33. The third-order valence-corrected chi connectivity index (χ3v) is 3.33. The van der Waals surface area contributed by atoms with Gasteiger partial charge in [-0.05, 0) is 19.3 Å². The number of nitrogens with zero attached hydrogens (tertiary/aromatic N) is 2. The quantitative estimate of drug-likeness (QED) is 0.819. The van der Waals surface area contributed by atoms with Gasteiger partial charge in [0.2, 0.25) is 5.88 Å². The molecule has 1 heterocycles. The van der Waals surface area contributed by atoms with E-state index >= 15 is 0 Å². The van der Waals surface area contributed by atoms with Crippen LogP contribution in [-0.4, -0.2) is 33.2 Å². The number of carbonyl (C=O) groups is 1. The van der Waals surface area contributed by atoms with Crippen molar-refractivity contribution < 1.29 is 14.6 Å². The lowest BCUT2D eigenvalue weighted by Gasteiger charge is -2.25. The summed E-state index contributed by atoms with van der Waals surface area (Å²) in [7, 11) is 0. The molecule has 1 saturated carbocycles. The van der Waals surface area contributed by atoms with Gasteiger partial charge in [0.15, 0.2) is 0 Å². The molecule has 19 heavy (non-hydrogen) atoms. The van der Waals surface area contributed by atoms with Crippen LogP contribution in [0.4, 0.5) is 5.82 Å². The molecule has 0 aliphatic heterocycles. The van der Waals surface area contributed by atoms with Crippen LogP contribution in [0.2, 0.25) is 0 Å². The number of hydrogen-bond donors (Lipinski definition) is 2. The van der Waals surface area contributed by atoms with E-state index in [0.717, 1.165) is 19.3 Å². The van der Waals surface area contributed by atoms with Crippen LogP contribution in [0, 0.1) is 0 Å². The van der Waals surface area contributed by atoms with E-state index < -0.39 is 11.5 Å². The van der Waals surface area contributed by atoms with Crippen molar-refractivity contribution in [2.75, 3.05) is 11.9 Å². The van der Waals surface area contributed by atoms with E-state index in [1.54, 1.807) is 6.07 Å². The molecule has 2 rings (SSSR count). The highest BCUT2D eigenvalue weighted by atomic mass is 16.5. The molecule has 0 radical (unpaired) electrons. The van der Waals surface area contributed by atoms with Gasteiger partial charge in [-0.2, -0.15) is 0 Å². The molecular formula is C13H19N3O3. The summed E-state index contributed by atoms with van der Waals surface area (Å²) in [6.07, 6.45) is 5.37. The van der Waals surface area contributed by atoms with Crippen LogP contribution in [0.1, 0.15) is 39.0 Å². The number of carboxylic acid groups (broad SMARTS) is 1. The van der Waals surface area contributed by atoms with Crippen molar-refractivity contribution in [3.8, 4) is 5.88 Å². The van der Waals surface area contributed by atoms with Gasteiger partial charge in [-0.25, -0.2) is 14.8 Å². The number of anilines is 1. The van der Waals surface area contributed by atoms with Crippen LogP contribution in [-0.2, 0) is 4.79 Å². The van der Waals surface area contributed by atoms with E-state index in [2.05, 4.69) is 15.3 Å². The van der Waals surface area contributed by atoms with E-state index in [0.29, 0.717) is 31.1 Å². The number of carboxylic acids is 1. The normalized spacial score (nSPS) is 17.1. The molecule has 0 amide bonds. The van der Waals surface area contributed by atoms with Gasteiger partial charge in [0.05, 0.1) is 6.61 Å². The van der Waals surface area contributed by atoms with E-state index in [9.17, 15) is 9.90 Å². The van der Waals surface area contributed by atoms with Crippen molar-refractivity contribution >= 4 is 11.8 Å². The van der Waals surface area contributed by atoms with Gasteiger partial charge in [0.1, 0.15) is 17.7 Å². The van der Waals surface area contributed by atoms with Crippen molar-refractivity contribution in [2.45, 2.75) is 44.6 Å². The first kappa shape index (κ1) is 13.6. The summed E-state index contributed by atoms with van der Waals surface area (Å²) >= 11 is 0. The lowest BCUT2D eigenvalue weighted by atomic mass is 9.98. The fraction of sp³-hybridized carbons (Fsp3) is 0.615. The molecule has 0 unspecified atom stereocenters. The van der Waals surface area contributed by atoms with Crippen LogP contribution in [0.5, 0.6) is 5.88 Å². The molecule has 1 aromatic rings. The van der Waals surface area contributed by atoms with Crippen LogP contribution in [0.3, 0.4) is 0 Å². The van der Waals surface area contributed by atoms with Crippen LogP contribution in [0.15, 0.2) is 12.4 Å². The van der Waals surface area contributed by atoms with Crippen molar-refractivity contribution in [1.82, 2.24) is 9.97 Å². The Morgan fingerprint density at radius 3 is 2.84 bits per heavy atom. The summed E-state index contributed by atoms with van der Waals surface area (Å²) in [5, 5.41) is 12.4. The highest BCUT2D eigenvalue weighted by Gasteiger charge is 2.41. The smallest absolute Gasteiger partial charge is 0.329 e. The first-order chi connectivity index (χ1) is 9.16. The van der Waals surface area contributed by atoms with Gasteiger partial charge in [-0.3, -0.25) is 0 Å². The fourth-order valence-electron chi connectivity index (χ4n) is 2.31. The molecule has 1 fully saturated rings. The minimum atomic E-state index is -0.892. The van der Waals surface area contributed by atoms with E-state index in [1.807, 2.05) is 6.92 Å². The Hall–Kier alpha value is -1.85.